The van der Waals surface area contributed by atoms with Crippen molar-refractivity contribution in [2.24, 2.45) is 0 Å². The average molecular weight is 615 g/mol. The van der Waals surface area contributed by atoms with Crippen LogP contribution in [0.3, 0.4) is 0 Å². The Labute approximate surface area is 240 Å². The number of carbonyl (C=O) groups is 2. The summed E-state index contributed by atoms with van der Waals surface area (Å²) in [6.07, 6.45) is 2.10. The van der Waals surface area contributed by atoms with Crippen LogP contribution in [0.2, 0.25) is 0 Å². The monoisotopic (exact) mass is 613 g/mol. The molecule has 0 radical (unpaired) electrons. The standard InChI is InChI=1S/C30H36BrN3O4S/c1-5-23(3)32-30(36)28(19-24-10-7-6-8-11-24)33(20-25-12-9-13-26(31)18-25)29(35)21-34(39(4,37)38)27-16-14-22(2)15-17-27/h6-18,23,28H,5,19-21H2,1-4H3,(H,32,36)/t23-,28-/m1/s1. The van der Waals surface area contributed by atoms with Crippen LogP contribution in [0.15, 0.2) is 83.3 Å². The van der Waals surface area contributed by atoms with E-state index in [1.807, 2.05) is 75.4 Å². The van der Waals surface area contributed by atoms with Gasteiger partial charge in [-0.25, -0.2) is 8.42 Å². The van der Waals surface area contributed by atoms with Crippen LogP contribution in [0.1, 0.15) is 37.0 Å². The van der Waals surface area contributed by atoms with Gasteiger partial charge in [-0.05, 0) is 55.7 Å². The van der Waals surface area contributed by atoms with Crippen molar-refractivity contribution in [3.63, 3.8) is 0 Å². The van der Waals surface area contributed by atoms with Gasteiger partial charge in [-0.2, -0.15) is 0 Å². The Morgan fingerprint density at radius 2 is 1.59 bits per heavy atom. The summed E-state index contributed by atoms with van der Waals surface area (Å²) < 4.78 is 27.6. The summed E-state index contributed by atoms with van der Waals surface area (Å²) in [4.78, 5) is 29.2. The van der Waals surface area contributed by atoms with Gasteiger partial charge in [0.15, 0.2) is 0 Å². The third-order valence-electron chi connectivity index (χ3n) is 6.52. The second-order valence-corrected chi connectivity index (χ2v) is 12.6. The first-order valence-electron chi connectivity index (χ1n) is 12.9. The fourth-order valence-corrected chi connectivity index (χ4v) is 5.45. The van der Waals surface area contributed by atoms with Gasteiger partial charge in [-0.15, -0.1) is 0 Å². The van der Waals surface area contributed by atoms with Gasteiger partial charge in [0.1, 0.15) is 12.6 Å². The number of nitrogens with zero attached hydrogens (tertiary/aromatic N) is 2. The largest absolute Gasteiger partial charge is 0.352 e. The van der Waals surface area contributed by atoms with Crippen molar-refractivity contribution in [1.82, 2.24) is 10.2 Å². The Kier molecular flexibility index (Phi) is 10.7. The molecule has 0 spiro atoms. The maximum atomic E-state index is 14.0. The molecule has 0 aromatic heterocycles. The summed E-state index contributed by atoms with van der Waals surface area (Å²) in [5, 5.41) is 3.03. The number of sulfonamides is 1. The number of halogens is 1. The summed E-state index contributed by atoms with van der Waals surface area (Å²) in [5.74, 6) is -0.751. The summed E-state index contributed by atoms with van der Waals surface area (Å²) in [6.45, 7) is 5.50. The second kappa shape index (κ2) is 13.8. The topological polar surface area (TPSA) is 86.8 Å². The van der Waals surface area contributed by atoms with Crippen molar-refractivity contribution in [3.8, 4) is 0 Å². The Balaban J connectivity index is 2.05. The molecule has 0 unspecified atom stereocenters. The molecular weight excluding hydrogens is 578 g/mol. The number of benzene rings is 3. The Morgan fingerprint density at radius 3 is 2.18 bits per heavy atom. The molecule has 3 aromatic carbocycles. The molecule has 0 heterocycles. The van der Waals surface area contributed by atoms with Crippen LogP contribution in [-0.4, -0.2) is 50.0 Å². The van der Waals surface area contributed by atoms with Gasteiger partial charge in [0.05, 0.1) is 11.9 Å². The molecule has 0 aliphatic carbocycles. The summed E-state index contributed by atoms with van der Waals surface area (Å²) >= 11 is 3.48. The highest BCUT2D eigenvalue weighted by Gasteiger charge is 2.33. The van der Waals surface area contributed by atoms with E-state index in [-0.39, 0.29) is 24.9 Å². The molecule has 2 atom stereocenters. The van der Waals surface area contributed by atoms with E-state index >= 15 is 0 Å². The van der Waals surface area contributed by atoms with E-state index in [4.69, 9.17) is 0 Å². The highest BCUT2D eigenvalue weighted by molar-refractivity contribution is 9.10. The van der Waals surface area contributed by atoms with Crippen LogP contribution in [0.25, 0.3) is 0 Å². The molecule has 0 saturated carbocycles. The zero-order chi connectivity index (χ0) is 28.6. The number of hydrogen-bond donors (Lipinski definition) is 1. The number of hydrogen-bond acceptors (Lipinski definition) is 4. The molecule has 9 heteroatoms. The smallest absolute Gasteiger partial charge is 0.244 e. The van der Waals surface area contributed by atoms with Crippen molar-refractivity contribution in [2.75, 3.05) is 17.1 Å². The lowest BCUT2D eigenvalue weighted by Crippen LogP contribution is -2.54. The van der Waals surface area contributed by atoms with Gasteiger partial charge in [-0.1, -0.05) is 83.0 Å². The van der Waals surface area contributed by atoms with Crippen LogP contribution in [0, 0.1) is 6.92 Å². The van der Waals surface area contributed by atoms with Crippen LogP contribution in [0.5, 0.6) is 0 Å². The van der Waals surface area contributed by atoms with E-state index in [1.54, 1.807) is 24.3 Å². The number of anilines is 1. The van der Waals surface area contributed by atoms with E-state index in [0.29, 0.717) is 5.69 Å². The van der Waals surface area contributed by atoms with Crippen LogP contribution in [-0.2, 0) is 32.6 Å². The maximum Gasteiger partial charge on any atom is 0.244 e. The Morgan fingerprint density at radius 1 is 0.949 bits per heavy atom. The van der Waals surface area contributed by atoms with E-state index < -0.39 is 28.5 Å². The third-order valence-corrected chi connectivity index (χ3v) is 8.15. The van der Waals surface area contributed by atoms with Gasteiger partial charge in [0, 0.05) is 23.5 Å². The summed E-state index contributed by atoms with van der Waals surface area (Å²) in [5.41, 5.74) is 3.07. The van der Waals surface area contributed by atoms with Crippen molar-refractivity contribution in [3.05, 3.63) is 100 Å². The van der Waals surface area contributed by atoms with Crippen LogP contribution in [0.4, 0.5) is 5.69 Å². The van der Waals surface area contributed by atoms with Gasteiger partial charge in [0.2, 0.25) is 21.8 Å². The van der Waals surface area contributed by atoms with Gasteiger partial charge >= 0.3 is 0 Å². The molecule has 7 nitrogen and oxygen atoms in total. The van der Waals surface area contributed by atoms with Crippen LogP contribution >= 0.6 is 15.9 Å². The quantitative estimate of drug-likeness (QED) is 0.309. The SMILES string of the molecule is CC[C@@H](C)NC(=O)[C@@H](Cc1ccccc1)N(Cc1cccc(Br)c1)C(=O)CN(c1ccc(C)cc1)S(C)(=O)=O. The summed E-state index contributed by atoms with van der Waals surface area (Å²) in [6, 6.07) is 23.1. The molecule has 0 bridgehead atoms. The molecule has 39 heavy (non-hydrogen) atoms. The highest BCUT2D eigenvalue weighted by Crippen LogP contribution is 2.22. The zero-order valence-corrected chi connectivity index (χ0v) is 25.2. The molecule has 0 aliphatic heterocycles. The number of nitrogens with one attached hydrogen (secondary N) is 1. The molecule has 208 valence electrons. The lowest BCUT2D eigenvalue weighted by molar-refractivity contribution is -0.140. The number of aryl methyl sites for hydroxylation is 1. The molecule has 3 rings (SSSR count). The average Bonchev–Trinajstić information content (AvgIpc) is 2.89. The Bertz CT molecular complexity index is 1360. The summed E-state index contributed by atoms with van der Waals surface area (Å²) in [7, 11) is -3.79. The van der Waals surface area contributed by atoms with Gasteiger partial charge in [-0.3, -0.25) is 13.9 Å². The predicted octanol–water partition coefficient (Wildman–Crippen LogP) is 5.08. The van der Waals surface area contributed by atoms with E-state index in [1.165, 1.54) is 4.90 Å². The molecule has 0 saturated heterocycles. The predicted molar refractivity (Wildman–Crippen MR) is 160 cm³/mol. The minimum Gasteiger partial charge on any atom is -0.352 e. The van der Waals surface area contributed by atoms with Crippen molar-refractivity contribution in [2.45, 2.75) is 52.2 Å². The van der Waals surface area contributed by atoms with E-state index in [2.05, 4.69) is 21.2 Å². The first-order valence-corrected chi connectivity index (χ1v) is 15.5. The molecule has 0 aliphatic rings. The molecule has 0 fully saturated rings. The first kappa shape index (κ1) is 30.4. The lowest BCUT2D eigenvalue weighted by Gasteiger charge is -2.34. The van der Waals surface area contributed by atoms with E-state index in [9.17, 15) is 18.0 Å². The van der Waals surface area contributed by atoms with Gasteiger partial charge in [0.25, 0.3) is 0 Å². The van der Waals surface area contributed by atoms with Crippen molar-refractivity contribution in [1.29, 1.82) is 0 Å². The van der Waals surface area contributed by atoms with Crippen molar-refractivity contribution < 1.29 is 18.0 Å². The molecular formula is C30H36BrN3O4S. The molecule has 3 aromatic rings. The maximum absolute atomic E-state index is 14.0. The zero-order valence-electron chi connectivity index (χ0n) is 22.8. The minimum absolute atomic E-state index is 0.0846. The Hall–Kier alpha value is -3.17. The third kappa shape index (κ3) is 8.93. The molecule has 1 N–H and O–H groups in total. The molecule has 2 amide bonds. The highest BCUT2D eigenvalue weighted by atomic mass is 79.9. The number of carbonyl (C=O) groups excluding carboxylic acids is 2. The number of rotatable bonds is 12. The van der Waals surface area contributed by atoms with Gasteiger partial charge < -0.3 is 10.2 Å². The fourth-order valence-electron chi connectivity index (χ4n) is 4.15. The van der Waals surface area contributed by atoms with Crippen LogP contribution < -0.4 is 9.62 Å². The van der Waals surface area contributed by atoms with Crippen molar-refractivity contribution >= 4 is 43.5 Å². The fraction of sp³-hybridized carbons (Fsp3) is 0.333. The lowest BCUT2D eigenvalue weighted by atomic mass is 10.0. The first-order chi connectivity index (χ1) is 18.5. The normalized spacial score (nSPS) is 12.8. The second-order valence-electron chi connectivity index (χ2n) is 9.78. The number of amides is 2. The minimum atomic E-state index is -3.79. The van der Waals surface area contributed by atoms with E-state index in [0.717, 1.165) is 38.1 Å².